The third kappa shape index (κ3) is 10.5. The molecular formula is C7H16N2OY. The van der Waals surface area contributed by atoms with Crippen LogP contribution in [0.15, 0.2) is 0 Å². The Morgan fingerprint density at radius 2 is 1.91 bits per heavy atom. The summed E-state index contributed by atoms with van der Waals surface area (Å²) in [4.78, 5) is 12.8. The summed E-state index contributed by atoms with van der Waals surface area (Å²) in [5.41, 5.74) is 0. The Bertz CT molecular complexity index is 103. The molecule has 0 aliphatic heterocycles. The van der Waals surface area contributed by atoms with Gasteiger partial charge in [0.1, 0.15) is 0 Å². The number of hydrogen-bond donors (Lipinski definition) is 1. The average Bonchev–Trinajstić information content (AvgIpc) is 1.58. The van der Waals surface area contributed by atoms with Gasteiger partial charge in [-0.15, -0.1) is 0 Å². The van der Waals surface area contributed by atoms with Gasteiger partial charge in [0.05, 0.1) is 6.54 Å². The molecule has 0 saturated carbocycles. The van der Waals surface area contributed by atoms with E-state index in [4.69, 9.17) is 0 Å². The summed E-state index contributed by atoms with van der Waals surface area (Å²) in [5, 5.41) is 2.79. The first kappa shape index (κ1) is 14.1. The number of nitrogens with zero attached hydrogens (tertiary/aromatic N) is 1. The monoisotopic (exact) mass is 233 g/mol. The molecule has 0 aromatic carbocycles. The molecule has 0 aromatic heterocycles. The Kier molecular flexibility index (Phi) is 9.21. The molecule has 4 heteroatoms. The van der Waals surface area contributed by atoms with Gasteiger partial charge >= 0.3 is 0 Å². The zero-order chi connectivity index (χ0) is 8.15. The molecule has 11 heavy (non-hydrogen) atoms. The molecule has 63 valence electrons. The first-order valence-corrected chi connectivity index (χ1v) is 3.46. The molecule has 1 amide bonds. The molecule has 0 heterocycles. The van der Waals surface area contributed by atoms with E-state index in [2.05, 4.69) is 5.32 Å². The van der Waals surface area contributed by atoms with Gasteiger partial charge in [-0.3, -0.25) is 4.79 Å². The van der Waals surface area contributed by atoms with Crippen molar-refractivity contribution in [3.05, 3.63) is 0 Å². The number of hydrogen-bond acceptors (Lipinski definition) is 2. The van der Waals surface area contributed by atoms with Gasteiger partial charge in [-0.2, -0.15) is 0 Å². The van der Waals surface area contributed by atoms with E-state index < -0.39 is 0 Å². The maximum Gasteiger partial charge on any atom is 0.234 e. The fraction of sp³-hybridized carbons (Fsp3) is 0.857. The van der Waals surface area contributed by atoms with Gasteiger partial charge in [0.2, 0.25) is 5.91 Å². The first-order chi connectivity index (χ1) is 4.52. The van der Waals surface area contributed by atoms with Crippen LogP contribution in [0.1, 0.15) is 13.8 Å². The second-order valence-electron chi connectivity index (χ2n) is 2.96. The molecule has 0 aromatic rings. The van der Waals surface area contributed by atoms with Gasteiger partial charge < -0.3 is 10.2 Å². The number of rotatable bonds is 3. The van der Waals surface area contributed by atoms with Crippen molar-refractivity contribution in [3.63, 3.8) is 0 Å². The first-order valence-electron chi connectivity index (χ1n) is 3.46. The number of amides is 1. The molecule has 0 aliphatic carbocycles. The van der Waals surface area contributed by atoms with Crippen molar-refractivity contribution < 1.29 is 37.5 Å². The zero-order valence-corrected chi connectivity index (χ0v) is 10.6. The summed E-state index contributed by atoms with van der Waals surface area (Å²) in [6, 6.07) is 0.243. The van der Waals surface area contributed by atoms with E-state index in [0.29, 0.717) is 6.54 Å². The predicted molar refractivity (Wildman–Crippen MR) is 41.8 cm³/mol. The van der Waals surface area contributed by atoms with Crippen LogP contribution in [0.3, 0.4) is 0 Å². The standard InChI is InChI=1S/C7H16N2O.Y/c1-6(2)8-7(10)5-9(3)4;/h6H,5H2,1-4H3,(H,8,10);. The van der Waals surface area contributed by atoms with Crippen molar-refractivity contribution in [2.45, 2.75) is 19.9 Å². The van der Waals surface area contributed by atoms with Crippen LogP contribution in [0.25, 0.3) is 0 Å². The van der Waals surface area contributed by atoms with Crippen molar-refractivity contribution in [1.29, 1.82) is 0 Å². The Morgan fingerprint density at radius 1 is 1.45 bits per heavy atom. The molecule has 0 unspecified atom stereocenters. The minimum absolute atomic E-state index is 0. The van der Waals surface area contributed by atoms with Crippen molar-refractivity contribution in [2.75, 3.05) is 20.6 Å². The zero-order valence-electron chi connectivity index (χ0n) is 7.72. The Labute approximate surface area is 93.8 Å². The molecule has 1 radical (unpaired) electrons. The Hall–Kier alpha value is 0.534. The van der Waals surface area contributed by atoms with E-state index in [1.165, 1.54) is 0 Å². The number of likely N-dealkylation sites (N-methyl/N-ethyl adjacent to an activating group) is 1. The van der Waals surface area contributed by atoms with Gasteiger partial charge in [-0.1, -0.05) is 0 Å². The Balaban J connectivity index is 0. The minimum Gasteiger partial charge on any atom is -0.353 e. The second-order valence-corrected chi connectivity index (χ2v) is 2.96. The van der Waals surface area contributed by atoms with Crippen LogP contribution < -0.4 is 5.32 Å². The van der Waals surface area contributed by atoms with Gasteiger partial charge in [0, 0.05) is 38.8 Å². The Morgan fingerprint density at radius 3 is 2.18 bits per heavy atom. The summed E-state index contributed by atoms with van der Waals surface area (Å²) in [6.07, 6.45) is 0. The van der Waals surface area contributed by atoms with Crippen molar-refractivity contribution in [3.8, 4) is 0 Å². The van der Waals surface area contributed by atoms with Crippen LogP contribution in [0, 0.1) is 0 Å². The average molecular weight is 233 g/mol. The summed E-state index contributed by atoms with van der Waals surface area (Å²) < 4.78 is 0. The minimum atomic E-state index is 0. The molecule has 3 nitrogen and oxygen atoms in total. The van der Waals surface area contributed by atoms with Crippen LogP contribution in [-0.2, 0) is 37.5 Å². The normalized spacial score (nSPS) is 9.64. The van der Waals surface area contributed by atoms with Crippen LogP contribution in [0.2, 0.25) is 0 Å². The van der Waals surface area contributed by atoms with Gasteiger partial charge in [0.15, 0.2) is 0 Å². The largest absolute Gasteiger partial charge is 0.353 e. The molecular weight excluding hydrogens is 217 g/mol. The summed E-state index contributed by atoms with van der Waals surface area (Å²) in [6.45, 7) is 4.37. The van der Waals surface area contributed by atoms with Gasteiger partial charge in [0.25, 0.3) is 0 Å². The van der Waals surface area contributed by atoms with Crippen LogP contribution in [0.4, 0.5) is 0 Å². The molecule has 0 bridgehead atoms. The number of nitrogens with one attached hydrogen (secondary N) is 1. The topological polar surface area (TPSA) is 32.3 Å². The second kappa shape index (κ2) is 7.20. The third-order valence-electron chi connectivity index (χ3n) is 0.909. The summed E-state index contributed by atoms with van der Waals surface area (Å²) in [7, 11) is 3.75. The van der Waals surface area contributed by atoms with Crippen LogP contribution >= 0.6 is 0 Å². The van der Waals surface area contributed by atoms with Crippen LogP contribution in [-0.4, -0.2) is 37.5 Å². The molecule has 0 rings (SSSR count). The van der Waals surface area contributed by atoms with E-state index >= 15 is 0 Å². The third-order valence-corrected chi connectivity index (χ3v) is 0.909. The van der Waals surface area contributed by atoms with Crippen molar-refractivity contribution in [2.24, 2.45) is 0 Å². The molecule has 0 fully saturated rings. The smallest absolute Gasteiger partial charge is 0.234 e. The number of carbonyl (C=O) groups is 1. The van der Waals surface area contributed by atoms with E-state index in [1.807, 2.05) is 32.8 Å². The molecule has 0 atom stereocenters. The molecule has 1 N–H and O–H groups in total. The number of carbonyl (C=O) groups excluding carboxylic acids is 1. The fourth-order valence-corrected chi connectivity index (χ4v) is 0.655. The summed E-state index contributed by atoms with van der Waals surface area (Å²) >= 11 is 0. The molecule has 0 saturated heterocycles. The van der Waals surface area contributed by atoms with Gasteiger partial charge in [-0.05, 0) is 27.9 Å². The summed E-state index contributed by atoms with van der Waals surface area (Å²) in [5.74, 6) is 0.0833. The molecule has 0 aliphatic rings. The maximum atomic E-state index is 10.9. The van der Waals surface area contributed by atoms with E-state index in [9.17, 15) is 4.79 Å². The van der Waals surface area contributed by atoms with Crippen molar-refractivity contribution in [1.82, 2.24) is 10.2 Å². The van der Waals surface area contributed by atoms with Crippen molar-refractivity contribution >= 4 is 5.91 Å². The van der Waals surface area contributed by atoms with Gasteiger partial charge in [-0.25, -0.2) is 0 Å². The predicted octanol–water partition coefficient (Wildman–Crippen LogP) is 0.0701. The maximum absolute atomic E-state index is 10.9. The van der Waals surface area contributed by atoms with E-state index in [1.54, 1.807) is 0 Å². The van der Waals surface area contributed by atoms with E-state index in [0.717, 1.165) is 0 Å². The quantitative estimate of drug-likeness (QED) is 0.748. The SMILES string of the molecule is CC(C)NC(=O)CN(C)C.[Y]. The fourth-order valence-electron chi connectivity index (χ4n) is 0.655. The van der Waals surface area contributed by atoms with E-state index in [-0.39, 0.29) is 44.7 Å². The molecule has 0 spiro atoms. The van der Waals surface area contributed by atoms with Crippen LogP contribution in [0.5, 0.6) is 0 Å².